The zero-order chi connectivity index (χ0) is 18.2. The Labute approximate surface area is 160 Å². The van der Waals surface area contributed by atoms with E-state index in [1.807, 2.05) is 36.0 Å². The number of imidazole rings is 1. The molecule has 5 rings (SSSR count). The molecule has 1 aliphatic heterocycles. The zero-order valence-corrected chi connectivity index (χ0v) is 15.4. The topological polar surface area (TPSA) is 76.6 Å². The number of nitrogens with zero attached hydrogens (tertiary/aromatic N) is 5. The Morgan fingerprint density at radius 2 is 2.11 bits per heavy atom. The van der Waals surface area contributed by atoms with Gasteiger partial charge in [0.25, 0.3) is 0 Å². The van der Waals surface area contributed by atoms with Gasteiger partial charge in [-0.05, 0) is 31.0 Å². The fourth-order valence-corrected chi connectivity index (χ4v) is 4.44. The number of hydrogen-bond donors (Lipinski definition) is 0. The molecule has 7 heteroatoms. The van der Waals surface area contributed by atoms with Gasteiger partial charge in [0.05, 0.1) is 40.3 Å². The van der Waals surface area contributed by atoms with Crippen LogP contribution in [0.15, 0.2) is 36.0 Å². The van der Waals surface area contributed by atoms with Crippen LogP contribution in [0.2, 0.25) is 0 Å². The number of aromatic nitrogens is 4. The molecule has 1 aliphatic rings. The highest BCUT2D eigenvalue weighted by Gasteiger charge is 2.24. The Morgan fingerprint density at radius 1 is 1.22 bits per heavy atom. The SMILES string of the molecule is N#Cc1ccc2ncc3nc(Cc4nccs4)n(C4CCOCC4)c3c2c1. The maximum absolute atomic E-state index is 9.35. The molecule has 4 aromatic rings. The lowest BCUT2D eigenvalue weighted by Gasteiger charge is -2.26. The van der Waals surface area contributed by atoms with Crippen LogP contribution in [0.4, 0.5) is 0 Å². The highest BCUT2D eigenvalue weighted by atomic mass is 32.1. The van der Waals surface area contributed by atoms with Crippen molar-refractivity contribution in [1.29, 1.82) is 5.26 Å². The van der Waals surface area contributed by atoms with Gasteiger partial charge in [-0.2, -0.15) is 5.26 Å². The maximum atomic E-state index is 9.35. The molecule has 0 N–H and O–H groups in total. The van der Waals surface area contributed by atoms with Crippen LogP contribution in [-0.4, -0.2) is 32.7 Å². The van der Waals surface area contributed by atoms with Gasteiger partial charge in [-0.25, -0.2) is 9.97 Å². The second kappa shape index (κ2) is 6.72. The van der Waals surface area contributed by atoms with E-state index in [4.69, 9.17) is 9.72 Å². The molecule has 0 spiro atoms. The molecule has 0 amide bonds. The average Bonchev–Trinajstić information content (AvgIpc) is 3.36. The molecule has 134 valence electrons. The molecule has 6 nitrogen and oxygen atoms in total. The van der Waals surface area contributed by atoms with E-state index in [0.717, 1.165) is 58.8 Å². The second-order valence-electron chi connectivity index (χ2n) is 6.68. The zero-order valence-electron chi connectivity index (χ0n) is 14.6. The van der Waals surface area contributed by atoms with Crippen molar-refractivity contribution in [2.45, 2.75) is 25.3 Å². The third-order valence-electron chi connectivity index (χ3n) is 5.07. The van der Waals surface area contributed by atoms with Gasteiger partial charge in [0.2, 0.25) is 0 Å². The highest BCUT2D eigenvalue weighted by molar-refractivity contribution is 7.09. The predicted octanol–water partition coefficient (Wildman–Crippen LogP) is 3.85. The molecule has 0 aliphatic carbocycles. The van der Waals surface area contributed by atoms with E-state index < -0.39 is 0 Å². The number of rotatable bonds is 3. The Balaban J connectivity index is 1.78. The van der Waals surface area contributed by atoms with Gasteiger partial charge >= 0.3 is 0 Å². The van der Waals surface area contributed by atoms with E-state index in [0.29, 0.717) is 18.0 Å². The lowest BCUT2D eigenvalue weighted by atomic mass is 10.1. The van der Waals surface area contributed by atoms with Gasteiger partial charge in [0.15, 0.2) is 0 Å². The molecule has 1 aromatic carbocycles. The van der Waals surface area contributed by atoms with Crippen molar-refractivity contribution in [3.8, 4) is 6.07 Å². The average molecular weight is 375 g/mol. The minimum Gasteiger partial charge on any atom is -0.381 e. The summed E-state index contributed by atoms with van der Waals surface area (Å²) in [4.78, 5) is 13.9. The van der Waals surface area contributed by atoms with Gasteiger partial charge in [-0.3, -0.25) is 4.98 Å². The molecular weight excluding hydrogens is 358 g/mol. The van der Waals surface area contributed by atoms with Crippen molar-refractivity contribution >= 4 is 33.3 Å². The van der Waals surface area contributed by atoms with Gasteiger partial charge < -0.3 is 9.30 Å². The van der Waals surface area contributed by atoms with E-state index >= 15 is 0 Å². The van der Waals surface area contributed by atoms with Gasteiger partial charge in [-0.15, -0.1) is 11.3 Å². The number of nitriles is 1. The first kappa shape index (κ1) is 16.4. The largest absolute Gasteiger partial charge is 0.381 e. The fraction of sp³-hybridized carbons (Fsp3) is 0.300. The predicted molar refractivity (Wildman–Crippen MR) is 104 cm³/mol. The Morgan fingerprint density at radius 3 is 2.89 bits per heavy atom. The minimum atomic E-state index is 0.329. The molecule has 1 saturated heterocycles. The van der Waals surface area contributed by atoms with Gasteiger partial charge in [0, 0.05) is 36.2 Å². The summed E-state index contributed by atoms with van der Waals surface area (Å²) in [5, 5.41) is 13.4. The van der Waals surface area contributed by atoms with Crippen molar-refractivity contribution in [1.82, 2.24) is 19.5 Å². The highest BCUT2D eigenvalue weighted by Crippen LogP contribution is 2.33. The Kier molecular flexibility index (Phi) is 4.07. The summed E-state index contributed by atoms with van der Waals surface area (Å²) in [6.07, 6.45) is 6.28. The summed E-state index contributed by atoms with van der Waals surface area (Å²) < 4.78 is 7.93. The smallest absolute Gasteiger partial charge is 0.117 e. The number of hydrogen-bond acceptors (Lipinski definition) is 6. The first-order chi connectivity index (χ1) is 13.3. The summed E-state index contributed by atoms with van der Waals surface area (Å²) in [5.41, 5.74) is 3.46. The number of benzene rings is 1. The van der Waals surface area contributed by atoms with Crippen LogP contribution in [-0.2, 0) is 11.2 Å². The summed E-state index contributed by atoms with van der Waals surface area (Å²) in [5.74, 6) is 1.00. The van der Waals surface area contributed by atoms with E-state index in [1.165, 1.54) is 0 Å². The van der Waals surface area contributed by atoms with Crippen LogP contribution in [0.1, 0.15) is 35.3 Å². The maximum Gasteiger partial charge on any atom is 0.117 e. The summed E-state index contributed by atoms with van der Waals surface area (Å²) in [7, 11) is 0. The fourth-order valence-electron chi connectivity index (χ4n) is 3.83. The van der Waals surface area contributed by atoms with E-state index in [9.17, 15) is 5.26 Å². The summed E-state index contributed by atoms with van der Waals surface area (Å²) >= 11 is 1.64. The molecular formula is C20H17N5OS. The van der Waals surface area contributed by atoms with Crippen LogP contribution in [0, 0.1) is 11.3 Å². The molecule has 3 aromatic heterocycles. The van der Waals surface area contributed by atoms with Gasteiger partial charge in [-0.1, -0.05) is 0 Å². The summed E-state index contributed by atoms with van der Waals surface area (Å²) in [6.45, 7) is 1.51. The van der Waals surface area contributed by atoms with Crippen LogP contribution >= 0.6 is 11.3 Å². The standard InChI is InChI=1S/C20H17N5OS/c21-11-13-1-2-16-15(9-13)20-17(12-23-16)24-18(10-19-22-5-8-27-19)25(20)14-3-6-26-7-4-14/h1-2,5,8-9,12,14H,3-4,6-7,10H2. The monoisotopic (exact) mass is 375 g/mol. The third-order valence-corrected chi connectivity index (χ3v) is 5.85. The van der Waals surface area contributed by atoms with Crippen LogP contribution in [0.25, 0.3) is 21.9 Å². The van der Waals surface area contributed by atoms with Crippen molar-refractivity contribution in [3.05, 3.63) is 52.4 Å². The molecule has 1 fully saturated rings. The molecule has 27 heavy (non-hydrogen) atoms. The van der Waals surface area contributed by atoms with E-state index in [-0.39, 0.29) is 0 Å². The molecule has 0 unspecified atom stereocenters. The number of pyridine rings is 1. The molecule has 0 bridgehead atoms. The van der Waals surface area contributed by atoms with E-state index in [1.54, 1.807) is 11.3 Å². The molecule has 0 radical (unpaired) electrons. The lowest BCUT2D eigenvalue weighted by Crippen LogP contribution is -2.21. The quantitative estimate of drug-likeness (QED) is 0.543. The third kappa shape index (κ3) is 2.87. The molecule has 0 atom stereocenters. The van der Waals surface area contributed by atoms with Crippen molar-refractivity contribution < 1.29 is 4.74 Å². The molecule has 4 heterocycles. The van der Waals surface area contributed by atoms with Crippen molar-refractivity contribution in [2.75, 3.05) is 13.2 Å². The van der Waals surface area contributed by atoms with Crippen LogP contribution < -0.4 is 0 Å². The Bertz CT molecular complexity index is 1150. The summed E-state index contributed by atoms with van der Waals surface area (Å²) in [6, 6.07) is 8.22. The van der Waals surface area contributed by atoms with Crippen LogP contribution in [0.3, 0.4) is 0 Å². The molecule has 0 saturated carbocycles. The van der Waals surface area contributed by atoms with Crippen molar-refractivity contribution in [2.24, 2.45) is 0 Å². The number of fused-ring (bicyclic) bond motifs is 3. The van der Waals surface area contributed by atoms with Crippen molar-refractivity contribution in [3.63, 3.8) is 0 Å². The normalized spacial score (nSPS) is 15.4. The number of ether oxygens (including phenoxy) is 1. The Hall–Kier alpha value is -2.82. The minimum absolute atomic E-state index is 0.329. The number of thiazole rings is 1. The second-order valence-corrected chi connectivity index (χ2v) is 7.66. The lowest BCUT2D eigenvalue weighted by molar-refractivity contribution is 0.0700. The first-order valence-electron chi connectivity index (χ1n) is 8.99. The van der Waals surface area contributed by atoms with E-state index in [2.05, 4.69) is 20.6 Å². The first-order valence-corrected chi connectivity index (χ1v) is 9.87. The van der Waals surface area contributed by atoms with Gasteiger partial charge in [0.1, 0.15) is 11.3 Å². The van der Waals surface area contributed by atoms with Crippen LogP contribution in [0.5, 0.6) is 0 Å².